The number of likely N-dealkylation sites (tertiary alicyclic amines) is 1. The third-order valence-corrected chi connectivity index (χ3v) is 4.84. The van der Waals surface area contributed by atoms with Gasteiger partial charge in [-0.05, 0) is 32.3 Å². The maximum Gasteiger partial charge on any atom is 0.251 e. The van der Waals surface area contributed by atoms with E-state index in [1.54, 1.807) is 0 Å². The average Bonchev–Trinajstić information content (AvgIpc) is 2.61. The van der Waals surface area contributed by atoms with E-state index in [0.717, 1.165) is 25.3 Å². The SMILES string of the molecule is CCNC(=NCC(C)c1ccc(C)cc1)NC1CCN(CC(F)F)CC1. The summed E-state index contributed by atoms with van der Waals surface area (Å²) in [5.74, 6) is 1.16. The van der Waals surface area contributed by atoms with Crippen LogP contribution in [0.2, 0.25) is 0 Å². The quantitative estimate of drug-likeness (QED) is 0.574. The molecule has 0 saturated carbocycles. The van der Waals surface area contributed by atoms with Crippen LogP contribution in [-0.4, -0.2) is 56.1 Å². The molecule has 0 amide bonds. The minimum Gasteiger partial charge on any atom is -0.357 e. The van der Waals surface area contributed by atoms with Gasteiger partial charge < -0.3 is 10.6 Å². The van der Waals surface area contributed by atoms with Gasteiger partial charge in [-0.15, -0.1) is 0 Å². The molecular formula is C20H32F2N4. The molecule has 1 aromatic carbocycles. The van der Waals surface area contributed by atoms with Gasteiger partial charge in [0.2, 0.25) is 0 Å². The van der Waals surface area contributed by atoms with E-state index in [4.69, 9.17) is 4.99 Å². The number of rotatable bonds is 7. The molecule has 2 rings (SSSR count). The molecule has 146 valence electrons. The summed E-state index contributed by atoms with van der Waals surface area (Å²) in [5, 5.41) is 6.77. The maximum absolute atomic E-state index is 12.5. The van der Waals surface area contributed by atoms with Crippen LogP contribution in [0.25, 0.3) is 0 Å². The summed E-state index contributed by atoms with van der Waals surface area (Å²) >= 11 is 0. The molecule has 26 heavy (non-hydrogen) atoms. The number of benzene rings is 1. The van der Waals surface area contributed by atoms with Gasteiger partial charge in [0.25, 0.3) is 6.43 Å². The fraction of sp³-hybridized carbons (Fsp3) is 0.650. The number of aliphatic imine (C=N–C) groups is 1. The minimum absolute atomic E-state index is 0.116. The molecule has 1 aliphatic rings. The molecule has 6 heteroatoms. The Labute approximate surface area is 156 Å². The molecule has 1 unspecified atom stereocenters. The molecule has 4 nitrogen and oxygen atoms in total. The van der Waals surface area contributed by atoms with Gasteiger partial charge in [-0.25, -0.2) is 8.78 Å². The van der Waals surface area contributed by atoms with Gasteiger partial charge in [0, 0.05) is 38.1 Å². The van der Waals surface area contributed by atoms with Gasteiger partial charge in [0.05, 0.1) is 6.54 Å². The van der Waals surface area contributed by atoms with Gasteiger partial charge in [-0.2, -0.15) is 0 Å². The van der Waals surface area contributed by atoms with Crippen LogP contribution in [0.4, 0.5) is 8.78 Å². The Kier molecular flexibility index (Phi) is 8.29. The second-order valence-electron chi connectivity index (χ2n) is 7.14. The number of piperidine rings is 1. The van der Waals surface area contributed by atoms with Crippen LogP contribution in [0, 0.1) is 6.92 Å². The van der Waals surface area contributed by atoms with Crippen molar-refractivity contribution >= 4 is 5.96 Å². The zero-order valence-corrected chi connectivity index (χ0v) is 16.1. The van der Waals surface area contributed by atoms with Crippen LogP contribution in [0.5, 0.6) is 0 Å². The van der Waals surface area contributed by atoms with E-state index in [-0.39, 0.29) is 12.6 Å². The number of halogens is 2. The minimum atomic E-state index is -2.25. The first-order chi connectivity index (χ1) is 12.5. The topological polar surface area (TPSA) is 39.7 Å². The van der Waals surface area contributed by atoms with Crippen LogP contribution >= 0.6 is 0 Å². The summed E-state index contributed by atoms with van der Waals surface area (Å²) in [4.78, 5) is 6.57. The molecule has 0 bridgehead atoms. The van der Waals surface area contributed by atoms with Crippen molar-refractivity contribution in [2.24, 2.45) is 4.99 Å². The highest BCUT2D eigenvalue weighted by Crippen LogP contribution is 2.16. The molecular weight excluding hydrogens is 334 g/mol. The number of aryl methyl sites for hydroxylation is 1. The summed E-state index contributed by atoms with van der Waals surface area (Å²) in [5.41, 5.74) is 2.55. The normalized spacial score (nSPS) is 18.2. The highest BCUT2D eigenvalue weighted by Gasteiger charge is 2.22. The molecule has 1 atom stereocenters. The third-order valence-electron chi connectivity index (χ3n) is 4.84. The van der Waals surface area contributed by atoms with Crippen molar-refractivity contribution in [1.82, 2.24) is 15.5 Å². The molecule has 0 aromatic heterocycles. The predicted molar refractivity (Wildman–Crippen MR) is 104 cm³/mol. The molecule has 1 aliphatic heterocycles. The van der Waals surface area contributed by atoms with Gasteiger partial charge in [-0.3, -0.25) is 9.89 Å². The smallest absolute Gasteiger partial charge is 0.251 e. The second kappa shape index (κ2) is 10.5. The first kappa shape index (κ1) is 20.6. The van der Waals surface area contributed by atoms with Crippen molar-refractivity contribution < 1.29 is 8.78 Å². The molecule has 1 saturated heterocycles. The second-order valence-corrected chi connectivity index (χ2v) is 7.14. The Morgan fingerprint density at radius 1 is 1.23 bits per heavy atom. The van der Waals surface area contributed by atoms with Crippen molar-refractivity contribution in [3.05, 3.63) is 35.4 Å². The number of alkyl halides is 2. The summed E-state index contributed by atoms with van der Waals surface area (Å²) in [6.45, 7) is 9.13. The molecule has 0 radical (unpaired) electrons. The van der Waals surface area contributed by atoms with E-state index in [1.807, 2.05) is 11.8 Å². The summed E-state index contributed by atoms with van der Waals surface area (Å²) in [7, 11) is 0. The largest absolute Gasteiger partial charge is 0.357 e. The summed E-state index contributed by atoms with van der Waals surface area (Å²) in [6.07, 6.45) is -0.517. The van der Waals surface area contributed by atoms with E-state index >= 15 is 0 Å². The first-order valence-corrected chi connectivity index (χ1v) is 9.59. The Hall–Kier alpha value is -1.69. The monoisotopic (exact) mass is 366 g/mol. The van der Waals surface area contributed by atoms with E-state index in [2.05, 4.69) is 48.7 Å². The number of guanidine groups is 1. The predicted octanol–water partition coefficient (Wildman–Crippen LogP) is 3.38. The molecule has 1 aromatic rings. The van der Waals surface area contributed by atoms with Crippen LogP contribution in [0.15, 0.2) is 29.3 Å². The van der Waals surface area contributed by atoms with Gasteiger partial charge in [0.1, 0.15) is 0 Å². The highest BCUT2D eigenvalue weighted by molar-refractivity contribution is 5.80. The van der Waals surface area contributed by atoms with Crippen LogP contribution in [0.3, 0.4) is 0 Å². The number of hydrogen-bond acceptors (Lipinski definition) is 2. The van der Waals surface area contributed by atoms with Crippen molar-refractivity contribution in [1.29, 1.82) is 0 Å². The van der Waals surface area contributed by atoms with E-state index in [1.165, 1.54) is 11.1 Å². The van der Waals surface area contributed by atoms with Gasteiger partial charge in [-0.1, -0.05) is 36.8 Å². The summed E-state index contributed by atoms with van der Waals surface area (Å²) in [6, 6.07) is 8.87. The zero-order valence-electron chi connectivity index (χ0n) is 16.1. The lowest BCUT2D eigenvalue weighted by Crippen LogP contribution is -2.49. The number of nitrogens with zero attached hydrogens (tertiary/aromatic N) is 2. The lowest BCUT2D eigenvalue weighted by atomic mass is 10.0. The lowest BCUT2D eigenvalue weighted by molar-refractivity contribution is 0.0744. The average molecular weight is 367 g/mol. The van der Waals surface area contributed by atoms with E-state index < -0.39 is 6.43 Å². The van der Waals surface area contributed by atoms with E-state index in [0.29, 0.717) is 25.6 Å². The fourth-order valence-corrected chi connectivity index (χ4v) is 3.20. The van der Waals surface area contributed by atoms with E-state index in [9.17, 15) is 8.78 Å². The van der Waals surface area contributed by atoms with Crippen LogP contribution in [0.1, 0.15) is 43.7 Å². The van der Waals surface area contributed by atoms with Crippen molar-refractivity contribution in [2.45, 2.75) is 52.0 Å². The highest BCUT2D eigenvalue weighted by atomic mass is 19.3. The fourth-order valence-electron chi connectivity index (χ4n) is 3.20. The van der Waals surface area contributed by atoms with Crippen molar-refractivity contribution in [2.75, 3.05) is 32.7 Å². The van der Waals surface area contributed by atoms with Gasteiger partial charge in [0.15, 0.2) is 5.96 Å². The van der Waals surface area contributed by atoms with Crippen LogP contribution < -0.4 is 10.6 Å². The van der Waals surface area contributed by atoms with Gasteiger partial charge >= 0.3 is 0 Å². The maximum atomic E-state index is 12.5. The Morgan fingerprint density at radius 2 is 1.88 bits per heavy atom. The van der Waals surface area contributed by atoms with Crippen molar-refractivity contribution in [3.63, 3.8) is 0 Å². The number of hydrogen-bond donors (Lipinski definition) is 2. The first-order valence-electron chi connectivity index (χ1n) is 9.59. The standard InChI is InChI=1S/C20H32F2N4/c1-4-23-20(24-13-16(3)17-7-5-15(2)6-8-17)25-18-9-11-26(12-10-18)14-19(21)22/h5-8,16,18-19H,4,9-14H2,1-3H3,(H2,23,24,25). The lowest BCUT2D eigenvalue weighted by Gasteiger charge is -2.32. The molecule has 1 fully saturated rings. The Bertz CT molecular complexity index is 551. The third kappa shape index (κ3) is 6.90. The van der Waals surface area contributed by atoms with Crippen LogP contribution in [-0.2, 0) is 0 Å². The Balaban J connectivity index is 1.85. The molecule has 2 N–H and O–H groups in total. The number of nitrogens with one attached hydrogen (secondary N) is 2. The molecule has 0 spiro atoms. The Morgan fingerprint density at radius 3 is 2.46 bits per heavy atom. The summed E-state index contributed by atoms with van der Waals surface area (Å²) < 4.78 is 25.0. The zero-order chi connectivity index (χ0) is 18.9. The molecule has 1 heterocycles. The molecule has 0 aliphatic carbocycles. The van der Waals surface area contributed by atoms with Crippen molar-refractivity contribution in [3.8, 4) is 0 Å².